The van der Waals surface area contributed by atoms with Gasteiger partial charge < -0.3 is 4.98 Å². The number of aromatic amines is 1. The van der Waals surface area contributed by atoms with Gasteiger partial charge in [-0.2, -0.15) is 4.39 Å². The number of carbonyl (C=O) groups is 1. The summed E-state index contributed by atoms with van der Waals surface area (Å²) < 4.78 is 12.6. The Hall–Kier alpha value is -2.04. The van der Waals surface area contributed by atoms with Crippen LogP contribution in [0.15, 0.2) is 49.0 Å². The Kier molecular flexibility index (Phi) is 3.81. The van der Waals surface area contributed by atoms with Gasteiger partial charge in [-0.1, -0.05) is 30.3 Å². The molecule has 0 radical (unpaired) electrons. The number of thiol groups is 1. The average molecular weight is 332 g/mol. The van der Waals surface area contributed by atoms with E-state index < -0.39 is 6.04 Å². The first-order valence-corrected chi connectivity index (χ1v) is 7.29. The van der Waals surface area contributed by atoms with Gasteiger partial charge >= 0.3 is 6.04 Å². The summed E-state index contributed by atoms with van der Waals surface area (Å²) in [5, 5.41) is 1.53. The first-order valence-electron chi connectivity index (χ1n) is 6.46. The fraction of sp³-hybridized carbons (Fsp3) is 0. The van der Waals surface area contributed by atoms with Crippen LogP contribution in [0.25, 0.3) is 26.9 Å². The second-order valence-corrected chi connectivity index (χ2v) is 5.85. The molecule has 0 saturated carbocycles. The zero-order chi connectivity index (χ0) is 15.9. The van der Waals surface area contributed by atoms with Crippen molar-refractivity contribution in [1.82, 2.24) is 4.98 Å². The summed E-state index contributed by atoms with van der Waals surface area (Å²) >= 11 is 10.6. The lowest BCUT2D eigenvalue weighted by Gasteiger charge is -2.05. The molecule has 1 aromatic heterocycles. The van der Waals surface area contributed by atoms with Gasteiger partial charge in [-0.05, 0) is 35.9 Å². The first-order chi connectivity index (χ1) is 10.5. The molecule has 0 aliphatic rings. The van der Waals surface area contributed by atoms with Crippen molar-refractivity contribution >= 4 is 46.1 Å². The minimum Gasteiger partial charge on any atom is -0.354 e. The van der Waals surface area contributed by atoms with Crippen LogP contribution in [0.3, 0.4) is 0 Å². The van der Waals surface area contributed by atoms with Crippen molar-refractivity contribution < 1.29 is 9.18 Å². The number of benzene rings is 2. The van der Waals surface area contributed by atoms with Crippen molar-refractivity contribution in [3.8, 4) is 11.1 Å². The third-order valence-electron chi connectivity index (χ3n) is 3.44. The maximum atomic E-state index is 12.6. The predicted octanol–water partition coefficient (Wildman–Crippen LogP) is 5.50. The number of hydrogen-bond acceptors (Lipinski definition) is 2. The zero-order valence-electron chi connectivity index (χ0n) is 11.4. The highest BCUT2D eigenvalue weighted by molar-refractivity contribution is 7.90. The average Bonchev–Trinajstić information content (AvgIpc) is 2.89. The summed E-state index contributed by atoms with van der Waals surface area (Å²) in [5.41, 5.74) is 3.35. The summed E-state index contributed by atoms with van der Waals surface area (Å²) in [6.07, 6.45) is 0. The van der Waals surface area contributed by atoms with Gasteiger partial charge in [0.2, 0.25) is 0 Å². The van der Waals surface area contributed by atoms with Gasteiger partial charge in [0.1, 0.15) is 0 Å². The molecule has 0 saturated heterocycles. The summed E-state index contributed by atoms with van der Waals surface area (Å²) in [4.78, 5) is 14.5. The number of nitrogens with one attached hydrogen (secondary N) is 1. The van der Waals surface area contributed by atoms with Gasteiger partial charge in [-0.3, -0.25) is 4.79 Å². The number of fused-ring (bicyclic) bond motifs is 1. The van der Waals surface area contributed by atoms with Gasteiger partial charge in [0.15, 0.2) is 0 Å². The molecular weight excluding hydrogens is 321 g/mol. The number of rotatable bonds is 3. The molecular formula is C17H11ClFNOS. The molecule has 0 aliphatic heterocycles. The largest absolute Gasteiger partial charge is 0.354 e. The Balaban J connectivity index is 2.11. The SMILES string of the molecule is C=C(S)c1cc2cc(-c3ccc(C(=O)F)cc3)c(Cl)cc2[nH]1. The smallest absolute Gasteiger partial charge is 0.332 e. The van der Waals surface area contributed by atoms with Gasteiger partial charge in [-0.25, -0.2) is 0 Å². The fourth-order valence-corrected chi connectivity index (χ4v) is 2.71. The van der Waals surface area contributed by atoms with Crippen molar-refractivity contribution in [2.45, 2.75) is 0 Å². The Morgan fingerprint density at radius 3 is 2.45 bits per heavy atom. The second-order valence-electron chi connectivity index (χ2n) is 4.90. The molecule has 0 fully saturated rings. The van der Waals surface area contributed by atoms with Crippen molar-refractivity contribution in [2.75, 3.05) is 0 Å². The number of H-pyrrole nitrogens is 1. The monoisotopic (exact) mass is 331 g/mol. The number of hydrogen-bond donors (Lipinski definition) is 2. The van der Waals surface area contributed by atoms with E-state index in [0.29, 0.717) is 9.93 Å². The lowest BCUT2D eigenvalue weighted by Crippen LogP contribution is -1.89. The molecule has 0 bridgehead atoms. The van der Waals surface area contributed by atoms with Crippen molar-refractivity contribution in [1.29, 1.82) is 0 Å². The van der Waals surface area contributed by atoms with E-state index in [1.807, 2.05) is 18.2 Å². The highest BCUT2D eigenvalue weighted by Gasteiger charge is 2.10. The van der Waals surface area contributed by atoms with Crippen LogP contribution in [-0.2, 0) is 0 Å². The topological polar surface area (TPSA) is 32.9 Å². The van der Waals surface area contributed by atoms with Crippen molar-refractivity contribution in [3.63, 3.8) is 0 Å². The highest BCUT2D eigenvalue weighted by atomic mass is 35.5. The van der Waals surface area contributed by atoms with Crippen LogP contribution in [-0.4, -0.2) is 11.0 Å². The maximum absolute atomic E-state index is 12.6. The molecule has 2 nitrogen and oxygen atoms in total. The Morgan fingerprint density at radius 2 is 1.86 bits per heavy atom. The van der Waals surface area contributed by atoms with E-state index in [1.54, 1.807) is 12.1 Å². The molecule has 0 amide bonds. The molecule has 3 rings (SSSR count). The number of halogens is 2. The van der Waals surface area contributed by atoms with Crippen LogP contribution in [0.5, 0.6) is 0 Å². The van der Waals surface area contributed by atoms with Crippen LogP contribution in [0, 0.1) is 0 Å². The molecule has 22 heavy (non-hydrogen) atoms. The molecule has 1 heterocycles. The molecule has 110 valence electrons. The van der Waals surface area contributed by atoms with Gasteiger partial charge in [0.25, 0.3) is 0 Å². The van der Waals surface area contributed by atoms with E-state index in [1.165, 1.54) is 12.1 Å². The Bertz CT molecular complexity index is 899. The Morgan fingerprint density at radius 1 is 1.18 bits per heavy atom. The Labute approximate surface area is 137 Å². The summed E-state index contributed by atoms with van der Waals surface area (Å²) in [7, 11) is 0. The minimum absolute atomic E-state index is 0.0243. The fourth-order valence-electron chi connectivity index (χ4n) is 2.31. The quantitative estimate of drug-likeness (QED) is 0.482. The molecule has 3 aromatic rings. The van der Waals surface area contributed by atoms with E-state index in [0.717, 1.165) is 27.7 Å². The number of aromatic nitrogens is 1. The maximum Gasteiger partial charge on any atom is 0.332 e. The molecule has 5 heteroatoms. The summed E-state index contributed by atoms with van der Waals surface area (Å²) in [5.74, 6) is 0. The zero-order valence-corrected chi connectivity index (χ0v) is 13.0. The van der Waals surface area contributed by atoms with Crippen molar-refractivity contribution in [2.24, 2.45) is 0 Å². The van der Waals surface area contributed by atoms with Crippen LogP contribution >= 0.6 is 24.2 Å². The standard InChI is InChI=1S/C17H11ClFNOS/c1-9(22)15-7-12-6-13(14(18)8-16(12)20-15)10-2-4-11(5-3-10)17(19)21/h2-8,20,22H,1H2. The summed E-state index contributed by atoms with van der Waals surface area (Å²) in [6, 6.07) is 10.5. The lowest BCUT2D eigenvalue weighted by molar-refractivity contribution is 0.0836. The highest BCUT2D eigenvalue weighted by Crippen LogP contribution is 2.33. The van der Waals surface area contributed by atoms with E-state index in [9.17, 15) is 9.18 Å². The third-order valence-corrected chi connectivity index (χ3v) is 4.00. The van der Waals surface area contributed by atoms with Gasteiger partial charge in [0.05, 0.1) is 16.3 Å². The van der Waals surface area contributed by atoms with E-state index in [-0.39, 0.29) is 5.56 Å². The summed E-state index contributed by atoms with van der Waals surface area (Å²) in [6.45, 7) is 3.78. The second kappa shape index (κ2) is 5.63. The van der Waals surface area contributed by atoms with E-state index >= 15 is 0 Å². The predicted molar refractivity (Wildman–Crippen MR) is 92.2 cm³/mol. The molecule has 1 N–H and O–H groups in total. The van der Waals surface area contributed by atoms with Gasteiger partial charge in [0, 0.05) is 21.4 Å². The van der Waals surface area contributed by atoms with Crippen LogP contribution in [0.1, 0.15) is 16.1 Å². The molecule has 0 atom stereocenters. The normalized spacial score (nSPS) is 10.9. The molecule has 2 aromatic carbocycles. The van der Waals surface area contributed by atoms with Crippen molar-refractivity contribution in [3.05, 3.63) is 65.3 Å². The van der Waals surface area contributed by atoms with E-state index in [4.69, 9.17) is 11.6 Å². The number of carbonyl (C=O) groups excluding carboxylic acids is 1. The van der Waals surface area contributed by atoms with Crippen LogP contribution < -0.4 is 0 Å². The van der Waals surface area contributed by atoms with E-state index in [2.05, 4.69) is 24.2 Å². The van der Waals surface area contributed by atoms with Crippen LogP contribution in [0.2, 0.25) is 5.02 Å². The molecule has 0 unspecified atom stereocenters. The van der Waals surface area contributed by atoms with Gasteiger partial charge in [-0.15, -0.1) is 12.6 Å². The lowest BCUT2D eigenvalue weighted by atomic mass is 10.0. The molecule has 0 spiro atoms. The van der Waals surface area contributed by atoms with Crippen LogP contribution in [0.4, 0.5) is 4.39 Å². The third kappa shape index (κ3) is 2.67. The minimum atomic E-state index is -1.45. The molecule has 0 aliphatic carbocycles. The first kappa shape index (κ1) is 14.9.